The SMILES string of the molecule is CCCCCCCCCCCCCCCCCCCCCCCCCCCCCCCCC(O)C(O)C(CO)NC(=O)C(O)CCCCCCCCCCCCCCCCCCCCCC. The molecule has 0 aromatic heterocycles. The predicted molar refractivity (Wildman–Crippen MR) is 288 cm³/mol. The Morgan fingerprint density at radius 1 is 0.318 bits per heavy atom. The highest BCUT2D eigenvalue weighted by Gasteiger charge is 2.28. The monoisotopic (exact) mass is 936 g/mol. The van der Waals surface area contributed by atoms with Crippen molar-refractivity contribution in [1.29, 1.82) is 0 Å². The molecule has 0 saturated heterocycles. The van der Waals surface area contributed by atoms with Crippen LogP contribution in [0.3, 0.4) is 0 Å². The van der Waals surface area contributed by atoms with E-state index in [1.807, 2.05) is 0 Å². The molecule has 5 N–H and O–H groups in total. The van der Waals surface area contributed by atoms with Crippen LogP contribution in [-0.4, -0.2) is 57.3 Å². The normalized spacial score (nSPS) is 13.6. The van der Waals surface area contributed by atoms with Gasteiger partial charge < -0.3 is 25.7 Å². The van der Waals surface area contributed by atoms with Gasteiger partial charge in [-0.15, -0.1) is 0 Å². The third kappa shape index (κ3) is 48.3. The molecule has 0 heterocycles. The van der Waals surface area contributed by atoms with Gasteiger partial charge in [0.05, 0.1) is 18.8 Å². The smallest absolute Gasteiger partial charge is 0.249 e. The van der Waals surface area contributed by atoms with E-state index < -0.39 is 36.9 Å². The topological polar surface area (TPSA) is 110 Å². The first-order valence-electron chi connectivity index (χ1n) is 30.4. The zero-order valence-electron chi connectivity index (χ0n) is 45.0. The summed E-state index contributed by atoms with van der Waals surface area (Å²) in [6, 6.07) is -0.981. The second-order valence-corrected chi connectivity index (χ2v) is 21.4. The first kappa shape index (κ1) is 65.3. The Balaban J connectivity index is 3.54. The van der Waals surface area contributed by atoms with Gasteiger partial charge in [0.25, 0.3) is 0 Å². The lowest BCUT2D eigenvalue weighted by molar-refractivity contribution is -0.132. The number of hydrogen-bond acceptors (Lipinski definition) is 5. The van der Waals surface area contributed by atoms with Crippen LogP contribution in [-0.2, 0) is 4.79 Å². The molecule has 6 heteroatoms. The maximum Gasteiger partial charge on any atom is 0.249 e. The van der Waals surface area contributed by atoms with Crippen LogP contribution < -0.4 is 5.32 Å². The summed E-state index contributed by atoms with van der Waals surface area (Å²) in [7, 11) is 0. The van der Waals surface area contributed by atoms with E-state index in [9.17, 15) is 25.2 Å². The van der Waals surface area contributed by atoms with Crippen molar-refractivity contribution in [2.45, 2.75) is 372 Å². The van der Waals surface area contributed by atoms with Gasteiger partial charge in [-0.1, -0.05) is 335 Å². The Bertz CT molecular complexity index is 917. The van der Waals surface area contributed by atoms with Crippen LogP contribution in [0.5, 0.6) is 0 Å². The lowest BCUT2D eigenvalue weighted by Crippen LogP contribution is -2.53. The highest BCUT2D eigenvalue weighted by atomic mass is 16.3. The average molecular weight is 937 g/mol. The third-order valence-electron chi connectivity index (χ3n) is 14.8. The highest BCUT2D eigenvalue weighted by molar-refractivity contribution is 5.80. The molecular formula is C60H121NO5. The first-order valence-corrected chi connectivity index (χ1v) is 30.4. The summed E-state index contributed by atoms with van der Waals surface area (Å²) in [6.07, 6.45) is 64.8. The molecule has 4 unspecified atom stereocenters. The number of carbonyl (C=O) groups is 1. The maximum absolute atomic E-state index is 12.6. The summed E-state index contributed by atoms with van der Waals surface area (Å²) in [4.78, 5) is 12.6. The largest absolute Gasteiger partial charge is 0.394 e. The fourth-order valence-electron chi connectivity index (χ4n) is 10.1. The Hall–Kier alpha value is -0.690. The molecular weight excluding hydrogens is 815 g/mol. The van der Waals surface area contributed by atoms with Crippen molar-refractivity contribution in [3.05, 3.63) is 0 Å². The molecule has 0 saturated carbocycles. The van der Waals surface area contributed by atoms with Gasteiger partial charge in [-0.3, -0.25) is 4.79 Å². The third-order valence-corrected chi connectivity index (χ3v) is 14.8. The molecule has 0 spiro atoms. The summed E-state index contributed by atoms with van der Waals surface area (Å²) in [6.45, 7) is 4.11. The number of amides is 1. The lowest BCUT2D eigenvalue weighted by Gasteiger charge is -2.27. The zero-order valence-corrected chi connectivity index (χ0v) is 45.0. The van der Waals surface area contributed by atoms with E-state index >= 15 is 0 Å². The molecule has 0 aromatic rings. The van der Waals surface area contributed by atoms with Crippen molar-refractivity contribution < 1.29 is 25.2 Å². The predicted octanol–water partition coefficient (Wildman–Crippen LogP) is 17.9. The van der Waals surface area contributed by atoms with Crippen LogP contribution in [0, 0.1) is 0 Å². The molecule has 1 amide bonds. The molecule has 0 aliphatic heterocycles. The van der Waals surface area contributed by atoms with E-state index in [1.165, 1.54) is 283 Å². The first-order chi connectivity index (χ1) is 32.5. The summed E-state index contributed by atoms with van der Waals surface area (Å²) >= 11 is 0. The fraction of sp³-hybridized carbons (Fsp3) is 0.983. The molecule has 0 rings (SSSR count). The number of nitrogens with one attached hydrogen (secondary N) is 1. The van der Waals surface area contributed by atoms with Gasteiger partial charge in [-0.2, -0.15) is 0 Å². The molecule has 6 nitrogen and oxygen atoms in total. The number of rotatable bonds is 57. The summed E-state index contributed by atoms with van der Waals surface area (Å²) in [5.74, 6) is -0.575. The molecule has 0 aliphatic carbocycles. The van der Waals surface area contributed by atoms with Crippen LogP contribution in [0.25, 0.3) is 0 Å². The van der Waals surface area contributed by atoms with Crippen molar-refractivity contribution in [3.8, 4) is 0 Å². The minimum atomic E-state index is -1.26. The second-order valence-electron chi connectivity index (χ2n) is 21.4. The minimum absolute atomic E-state index is 0.376. The van der Waals surface area contributed by atoms with E-state index in [0.29, 0.717) is 12.8 Å². The standard InChI is InChI=1S/C60H121NO5/c1-3-5-7-9-11-13-15-17-19-21-23-25-26-27-28-29-30-31-32-33-34-36-37-39-41-43-45-47-49-51-53-57(63)59(65)56(55-62)61-60(66)58(64)54-52-50-48-46-44-42-40-38-35-24-22-20-18-16-14-12-10-8-6-4-2/h56-59,62-65H,3-55H2,1-2H3,(H,61,66). The van der Waals surface area contributed by atoms with Crippen molar-refractivity contribution >= 4 is 5.91 Å². The van der Waals surface area contributed by atoms with Gasteiger partial charge in [0, 0.05) is 0 Å². The molecule has 0 fully saturated rings. The van der Waals surface area contributed by atoms with Gasteiger partial charge in [0.1, 0.15) is 12.2 Å². The van der Waals surface area contributed by atoms with E-state index in [2.05, 4.69) is 19.2 Å². The second kappa shape index (κ2) is 55.2. The number of hydrogen-bond donors (Lipinski definition) is 5. The molecule has 66 heavy (non-hydrogen) atoms. The molecule has 0 aliphatic rings. The average Bonchev–Trinajstić information content (AvgIpc) is 3.32. The van der Waals surface area contributed by atoms with Crippen LogP contribution in [0.1, 0.15) is 348 Å². The fourth-order valence-corrected chi connectivity index (χ4v) is 10.1. The molecule has 0 radical (unpaired) electrons. The van der Waals surface area contributed by atoms with Crippen molar-refractivity contribution in [1.82, 2.24) is 5.32 Å². The van der Waals surface area contributed by atoms with E-state index in [-0.39, 0.29) is 0 Å². The van der Waals surface area contributed by atoms with Gasteiger partial charge in [-0.25, -0.2) is 0 Å². The molecule has 396 valence electrons. The zero-order chi connectivity index (χ0) is 48.1. The van der Waals surface area contributed by atoms with Gasteiger partial charge in [0.15, 0.2) is 0 Å². The summed E-state index contributed by atoms with van der Waals surface area (Å²) in [5, 5.41) is 44.1. The Labute approximate surface area is 413 Å². The minimum Gasteiger partial charge on any atom is -0.394 e. The summed E-state index contributed by atoms with van der Waals surface area (Å²) < 4.78 is 0. The number of carbonyl (C=O) groups excluding carboxylic acids is 1. The number of aliphatic hydroxyl groups is 4. The van der Waals surface area contributed by atoms with E-state index in [1.54, 1.807) is 0 Å². The van der Waals surface area contributed by atoms with Crippen LogP contribution in [0.4, 0.5) is 0 Å². The van der Waals surface area contributed by atoms with Crippen molar-refractivity contribution in [2.24, 2.45) is 0 Å². The highest BCUT2D eigenvalue weighted by Crippen LogP contribution is 2.19. The Kier molecular flexibility index (Phi) is 54.7. The van der Waals surface area contributed by atoms with E-state index in [0.717, 1.165) is 38.5 Å². The summed E-state index contributed by atoms with van der Waals surface area (Å²) in [5.41, 5.74) is 0. The van der Waals surface area contributed by atoms with Gasteiger partial charge in [-0.05, 0) is 12.8 Å². The molecule has 4 atom stereocenters. The van der Waals surface area contributed by atoms with E-state index in [4.69, 9.17) is 0 Å². The van der Waals surface area contributed by atoms with Crippen molar-refractivity contribution in [2.75, 3.05) is 6.61 Å². The Morgan fingerprint density at radius 3 is 0.727 bits per heavy atom. The molecule has 0 bridgehead atoms. The quantitative estimate of drug-likeness (QED) is 0.0390. The maximum atomic E-state index is 12.6. The van der Waals surface area contributed by atoms with Crippen LogP contribution in [0.2, 0.25) is 0 Å². The van der Waals surface area contributed by atoms with Crippen LogP contribution >= 0.6 is 0 Å². The molecule has 0 aromatic carbocycles. The van der Waals surface area contributed by atoms with Gasteiger partial charge in [0.2, 0.25) is 5.91 Å². The number of unbranched alkanes of at least 4 members (excludes halogenated alkanes) is 48. The number of aliphatic hydroxyl groups excluding tert-OH is 4. The Morgan fingerprint density at radius 2 is 0.515 bits per heavy atom. The van der Waals surface area contributed by atoms with Crippen molar-refractivity contribution in [3.63, 3.8) is 0 Å². The van der Waals surface area contributed by atoms with Crippen LogP contribution in [0.15, 0.2) is 0 Å². The van der Waals surface area contributed by atoms with Gasteiger partial charge >= 0.3 is 0 Å². The lowest BCUT2D eigenvalue weighted by atomic mass is 9.99.